The average molecular weight is 391 g/mol. The monoisotopic (exact) mass is 391 g/mol. The van der Waals surface area contributed by atoms with Crippen LogP contribution >= 0.6 is 0 Å². The molecular formula is C22H22FN5O. The third kappa shape index (κ3) is 2.84. The Hall–Kier alpha value is -3.09. The maximum Gasteiger partial charge on any atom is 0.280 e. The van der Waals surface area contributed by atoms with Crippen molar-refractivity contribution in [1.29, 1.82) is 0 Å². The topological polar surface area (TPSA) is 65.1 Å². The summed E-state index contributed by atoms with van der Waals surface area (Å²) in [6.45, 7) is 4.48. The summed E-state index contributed by atoms with van der Waals surface area (Å²) in [6, 6.07) is 8.24. The third-order valence-electron chi connectivity index (χ3n) is 6.47. The highest BCUT2D eigenvalue weighted by Gasteiger charge is 2.29. The molecule has 4 aromatic rings. The van der Waals surface area contributed by atoms with Crippen LogP contribution < -0.4 is 5.56 Å². The molecule has 7 heteroatoms. The molecule has 1 aromatic carbocycles. The zero-order valence-electron chi connectivity index (χ0n) is 16.4. The number of pyridine rings is 1. The minimum Gasteiger partial charge on any atom is -0.310 e. The van der Waals surface area contributed by atoms with Crippen molar-refractivity contribution in [2.75, 3.05) is 0 Å². The first-order chi connectivity index (χ1) is 14.0. The Labute approximate surface area is 167 Å². The van der Waals surface area contributed by atoms with Crippen molar-refractivity contribution in [1.82, 2.24) is 24.4 Å². The summed E-state index contributed by atoms with van der Waals surface area (Å²) >= 11 is 0. The molecule has 1 aliphatic rings. The largest absolute Gasteiger partial charge is 0.310 e. The second kappa shape index (κ2) is 6.76. The van der Waals surface area contributed by atoms with Crippen molar-refractivity contribution >= 4 is 16.7 Å². The number of benzene rings is 1. The van der Waals surface area contributed by atoms with Crippen LogP contribution in [-0.4, -0.2) is 24.4 Å². The number of hydrogen-bond acceptors (Lipinski definition) is 4. The molecular weight excluding hydrogens is 369 g/mol. The number of aromatic nitrogens is 5. The fourth-order valence-corrected chi connectivity index (χ4v) is 4.55. The molecule has 1 fully saturated rings. The molecule has 0 N–H and O–H groups in total. The molecule has 148 valence electrons. The predicted molar refractivity (Wildman–Crippen MR) is 109 cm³/mol. The van der Waals surface area contributed by atoms with E-state index in [1.54, 1.807) is 22.8 Å². The van der Waals surface area contributed by atoms with Gasteiger partial charge in [-0.1, -0.05) is 38.8 Å². The van der Waals surface area contributed by atoms with E-state index in [0.717, 1.165) is 24.0 Å². The SMILES string of the molecule is C[C@@H]1[C@@H](C)CCC[C@@H]1n1ccc2c(nnc3c(-c4ccc(F)cc4)cnn32)c1=O. The minimum atomic E-state index is -0.298. The third-order valence-corrected chi connectivity index (χ3v) is 6.47. The molecule has 0 saturated heterocycles. The van der Waals surface area contributed by atoms with Gasteiger partial charge in [-0.15, -0.1) is 10.2 Å². The van der Waals surface area contributed by atoms with Crippen LogP contribution in [0.3, 0.4) is 0 Å². The molecule has 0 spiro atoms. The number of nitrogens with zero attached hydrogens (tertiary/aromatic N) is 5. The Balaban J connectivity index is 1.65. The Morgan fingerprint density at radius 3 is 2.66 bits per heavy atom. The quantitative estimate of drug-likeness (QED) is 0.513. The molecule has 5 rings (SSSR count). The normalized spacial score (nSPS) is 22.4. The highest BCUT2D eigenvalue weighted by Crippen LogP contribution is 2.37. The Morgan fingerprint density at radius 2 is 1.86 bits per heavy atom. The first-order valence-electron chi connectivity index (χ1n) is 10.1. The van der Waals surface area contributed by atoms with E-state index in [1.165, 1.54) is 18.6 Å². The van der Waals surface area contributed by atoms with E-state index >= 15 is 0 Å². The Kier molecular flexibility index (Phi) is 4.19. The van der Waals surface area contributed by atoms with Gasteiger partial charge in [-0.3, -0.25) is 4.79 Å². The lowest BCUT2D eigenvalue weighted by Crippen LogP contribution is -2.34. The fourth-order valence-electron chi connectivity index (χ4n) is 4.55. The zero-order chi connectivity index (χ0) is 20.1. The van der Waals surface area contributed by atoms with Crippen LogP contribution in [0.2, 0.25) is 0 Å². The summed E-state index contributed by atoms with van der Waals surface area (Å²) in [4.78, 5) is 13.2. The highest BCUT2D eigenvalue weighted by molar-refractivity contribution is 5.82. The standard InChI is InChI=1S/C22H22FN5O/c1-13-4-3-5-18(14(13)2)27-11-10-19-20(22(27)29)25-26-21-17(12-24-28(19)21)15-6-8-16(23)9-7-15/h6-14,18H,3-5H2,1-2H3/t13-,14+,18-/m0/s1. The van der Waals surface area contributed by atoms with Crippen molar-refractivity contribution in [3.63, 3.8) is 0 Å². The molecule has 1 saturated carbocycles. The Bertz CT molecular complexity index is 1260. The molecule has 0 amide bonds. The van der Waals surface area contributed by atoms with E-state index in [4.69, 9.17) is 0 Å². The van der Waals surface area contributed by atoms with Crippen LogP contribution in [0, 0.1) is 17.7 Å². The van der Waals surface area contributed by atoms with Crippen LogP contribution in [0.15, 0.2) is 47.5 Å². The molecule has 0 aliphatic heterocycles. The molecule has 0 unspecified atom stereocenters. The molecule has 6 nitrogen and oxygen atoms in total. The summed E-state index contributed by atoms with van der Waals surface area (Å²) in [6.07, 6.45) is 6.88. The van der Waals surface area contributed by atoms with E-state index in [2.05, 4.69) is 29.1 Å². The number of fused-ring (bicyclic) bond motifs is 3. The maximum absolute atomic E-state index is 13.3. The van der Waals surface area contributed by atoms with E-state index < -0.39 is 0 Å². The first kappa shape index (κ1) is 18.0. The van der Waals surface area contributed by atoms with E-state index in [1.807, 2.05) is 16.8 Å². The van der Waals surface area contributed by atoms with Crippen LogP contribution in [0.4, 0.5) is 4.39 Å². The van der Waals surface area contributed by atoms with Gasteiger partial charge in [-0.2, -0.15) is 5.10 Å². The van der Waals surface area contributed by atoms with Gasteiger partial charge < -0.3 is 4.57 Å². The van der Waals surface area contributed by atoms with Gasteiger partial charge in [0.05, 0.1) is 6.20 Å². The first-order valence-corrected chi connectivity index (χ1v) is 10.1. The average Bonchev–Trinajstić information content (AvgIpc) is 3.16. The maximum atomic E-state index is 13.3. The molecule has 1 aliphatic carbocycles. The second-order valence-electron chi connectivity index (χ2n) is 8.10. The predicted octanol–water partition coefficient (Wildman–Crippen LogP) is 4.24. The number of rotatable bonds is 2. The van der Waals surface area contributed by atoms with Gasteiger partial charge in [0.15, 0.2) is 11.2 Å². The van der Waals surface area contributed by atoms with Crippen LogP contribution in [-0.2, 0) is 0 Å². The van der Waals surface area contributed by atoms with Crippen molar-refractivity contribution in [2.45, 2.75) is 39.2 Å². The number of halogens is 1. The van der Waals surface area contributed by atoms with E-state index in [9.17, 15) is 9.18 Å². The van der Waals surface area contributed by atoms with Gasteiger partial charge in [-0.25, -0.2) is 8.91 Å². The smallest absolute Gasteiger partial charge is 0.280 e. The summed E-state index contributed by atoms with van der Waals surface area (Å²) in [5, 5.41) is 13.0. The highest BCUT2D eigenvalue weighted by atomic mass is 19.1. The zero-order valence-corrected chi connectivity index (χ0v) is 16.4. The molecule has 0 bridgehead atoms. The van der Waals surface area contributed by atoms with E-state index in [0.29, 0.717) is 28.5 Å². The van der Waals surface area contributed by atoms with Crippen molar-refractivity contribution < 1.29 is 4.39 Å². The molecule has 0 radical (unpaired) electrons. The summed E-state index contributed by atoms with van der Waals surface area (Å²) in [5.41, 5.74) is 2.91. The fraction of sp³-hybridized carbons (Fsp3) is 0.364. The van der Waals surface area contributed by atoms with Gasteiger partial charge in [-0.05, 0) is 42.0 Å². The van der Waals surface area contributed by atoms with Crippen molar-refractivity contribution in [2.24, 2.45) is 11.8 Å². The van der Waals surface area contributed by atoms with E-state index in [-0.39, 0.29) is 17.4 Å². The molecule has 29 heavy (non-hydrogen) atoms. The van der Waals surface area contributed by atoms with Crippen LogP contribution in [0.5, 0.6) is 0 Å². The van der Waals surface area contributed by atoms with Gasteiger partial charge in [0, 0.05) is 17.8 Å². The van der Waals surface area contributed by atoms with Crippen LogP contribution in [0.25, 0.3) is 27.8 Å². The second-order valence-corrected chi connectivity index (χ2v) is 8.10. The summed E-state index contributed by atoms with van der Waals surface area (Å²) in [5.74, 6) is 0.730. The van der Waals surface area contributed by atoms with Gasteiger partial charge in [0.25, 0.3) is 5.56 Å². The lowest BCUT2D eigenvalue weighted by molar-refractivity contribution is 0.183. The molecule has 3 atom stereocenters. The molecule has 3 heterocycles. The minimum absolute atomic E-state index is 0.123. The van der Waals surface area contributed by atoms with Gasteiger partial charge >= 0.3 is 0 Å². The number of hydrogen-bond donors (Lipinski definition) is 0. The lowest BCUT2D eigenvalue weighted by atomic mass is 9.78. The van der Waals surface area contributed by atoms with Gasteiger partial charge in [0.2, 0.25) is 0 Å². The van der Waals surface area contributed by atoms with Crippen LogP contribution in [0.1, 0.15) is 39.2 Å². The molecule has 3 aromatic heterocycles. The van der Waals surface area contributed by atoms with Crippen molar-refractivity contribution in [3.05, 3.63) is 58.9 Å². The van der Waals surface area contributed by atoms with Crippen molar-refractivity contribution in [3.8, 4) is 11.1 Å². The Morgan fingerprint density at radius 1 is 1.07 bits per heavy atom. The lowest BCUT2D eigenvalue weighted by Gasteiger charge is -2.35. The summed E-state index contributed by atoms with van der Waals surface area (Å²) < 4.78 is 16.7. The van der Waals surface area contributed by atoms with Gasteiger partial charge in [0.1, 0.15) is 11.3 Å². The summed E-state index contributed by atoms with van der Waals surface area (Å²) in [7, 11) is 0.